The maximum atomic E-state index is 12.2. The van der Waals surface area contributed by atoms with Gasteiger partial charge < -0.3 is 5.32 Å². The van der Waals surface area contributed by atoms with Gasteiger partial charge in [0.2, 0.25) is 0 Å². The molecule has 0 aliphatic heterocycles. The monoisotopic (exact) mass is 289 g/mol. The molecule has 3 rings (SSSR count). The lowest BCUT2D eigenvalue weighted by atomic mass is 10.2. The molecule has 1 saturated carbocycles. The molecule has 5 heteroatoms. The zero-order chi connectivity index (χ0) is 14.1. The first-order valence-corrected chi connectivity index (χ1v) is 7.10. The molecule has 0 radical (unpaired) electrons. The van der Waals surface area contributed by atoms with Gasteiger partial charge in [0.05, 0.1) is 17.8 Å². The Kier molecular flexibility index (Phi) is 3.49. The molecule has 1 aromatic carbocycles. The summed E-state index contributed by atoms with van der Waals surface area (Å²) in [5, 5.41) is 7.74. The van der Waals surface area contributed by atoms with Gasteiger partial charge in [-0.2, -0.15) is 5.10 Å². The first-order chi connectivity index (χ1) is 9.65. The molecule has 0 bridgehead atoms. The summed E-state index contributed by atoms with van der Waals surface area (Å²) in [6.07, 6.45) is 2.11. The normalized spacial score (nSPS) is 14.3. The third kappa shape index (κ3) is 2.70. The minimum Gasteiger partial charge on any atom is -0.349 e. The van der Waals surface area contributed by atoms with Crippen LogP contribution in [0.15, 0.2) is 30.3 Å². The number of halogens is 1. The van der Waals surface area contributed by atoms with Crippen molar-refractivity contribution in [2.45, 2.75) is 32.4 Å². The largest absolute Gasteiger partial charge is 0.349 e. The molecule has 0 spiro atoms. The Balaban J connectivity index is 1.84. The molecule has 1 heterocycles. The van der Waals surface area contributed by atoms with E-state index in [4.69, 9.17) is 11.6 Å². The van der Waals surface area contributed by atoms with Gasteiger partial charge in [0, 0.05) is 6.04 Å². The molecule has 1 aliphatic rings. The molecule has 2 aromatic rings. The summed E-state index contributed by atoms with van der Waals surface area (Å²) < 4.78 is 1.67. The summed E-state index contributed by atoms with van der Waals surface area (Å²) in [6, 6.07) is 10.2. The third-order valence-electron chi connectivity index (χ3n) is 3.38. The van der Waals surface area contributed by atoms with Crippen molar-refractivity contribution in [3.63, 3.8) is 0 Å². The van der Waals surface area contributed by atoms with Crippen LogP contribution in [0, 0.1) is 6.92 Å². The molecule has 1 fully saturated rings. The maximum absolute atomic E-state index is 12.2. The molecule has 0 unspecified atom stereocenters. The Morgan fingerprint density at radius 1 is 1.40 bits per heavy atom. The second-order valence-electron chi connectivity index (χ2n) is 5.14. The van der Waals surface area contributed by atoms with Crippen molar-refractivity contribution in [2.75, 3.05) is 0 Å². The van der Waals surface area contributed by atoms with E-state index in [1.165, 1.54) is 0 Å². The van der Waals surface area contributed by atoms with Crippen LogP contribution < -0.4 is 5.32 Å². The molecule has 20 heavy (non-hydrogen) atoms. The third-order valence-corrected chi connectivity index (χ3v) is 3.76. The Morgan fingerprint density at radius 2 is 2.10 bits per heavy atom. The Bertz CT molecular complexity index is 632. The summed E-state index contributed by atoms with van der Waals surface area (Å²) in [6.45, 7) is 2.38. The van der Waals surface area contributed by atoms with Crippen molar-refractivity contribution < 1.29 is 4.79 Å². The molecule has 0 atom stereocenters. The van der Waals surface area contributed by atoms with Gasteiger partial charge in [0.1, 0.15) is 5.15 Å². The number of nitrogens with one attached hydrogen (secondary N) is 1. The van der Waals surface area contributed by atoms with Crippen LogP contribution in [0.2, 0.25) is 5.15 Å². The molecule has 104 valence electrons. The number of amides is 1. The minimum absolute atomic E-state index is 0.116. The predicted molar refractivity (Wildman–Crippen MR) is 78.0 cm³/mol. The maximum Gasteiger partial charge on any atom is 0.256 e. The van der Waals surface area contributed by atoms with Crippen molar-refractivity contribution in [1.29, 1.82) is 0 Å². The molecule has 4 nitrogen and oxygen atoms in total. The van der Waals surface area contributed by atoms with Crippen molar-refractivity contribution in [3.8, 4) is 0 Å². The topological polar surface area (TPSA) is 46.9 Å². The number of hydrogen-bond acceptors (Lipinski definition) is 2. The quantitative estimate of drug-likeness (QED) is 0.941. The molecule has 1 N–H and O–H groups in total. The van der Waals surface area contributed by atoms with Crippen LogP contribution in [0.4, 0.5) is 0 Å². The highest BCUT2D eigenvalue weighted by Gasteiger charge is 2.27. The Morgan fingerprint density at radius 3 is 2.75 bits per heavy atom. The van der Waals surface area contributed by atoms with E-state index in [9.17, 15) is 4.79 Å². The van der Waals surface area contributed by atoms with Gasteiger partial charge in [-0.1, -0.05) is 41.9 Å². The van der Waals surface area contributed by atoms with Crippen molar-refractivity contribution in [3.05, 3.63) is 52.3 Å². The number of rotatable bonds is 4. The van der Waals surface area contributed by atoms with Gasteiger partial charge >= 0.3 is 0 Å². The second kappa shape index (κ2) is 5.29. The van der Waals surface area contributed by atoms with Crippen LogP contribution in [-0.4, -0.2) is 21.7 Å². The SMILES string of the molecule is Cc1nn(Cc2ccccc2)c(Cl)c1C(=O)NC1CC1. The number of nitrogens with zero attached hydrogens (tertiary/aromatic N) is 2. The van der Waals surface area contributed by atoms with Crippen LogP contribution in [0.5, 0.6) is 0 Å². The highest BCUT2D eigenvalue weighted by atomic mass is 35.5. The van der Waals surface area contributed by atoms with Gasteiger partial charge in [-0.3, -0.25) is 4.79 Å². The number of carbonyl (C=O) groups excluding carboxylic acids is 1. The first-order valence-electron chi connectivity index (χ1n) is 6.73. The number of aryl methyl sites for hydroxylation is 1. The van der Waals surface area contributed by atoms with Crippen LogP contribution in [-0.2, 0) is 6.54 Å². The zero-order valence-electron chi connectivity index (χ0n) is 11.3. The van der Waals surface area contributed by atoms with E-state index in [1.807, 2.05) is 37.3 Å². The van der Waals surface area contributed by atoms with E-state index in [0.29, 0.717) is 29.0 Å². The van der Waals surface area contributed by atoms with Gasteiger partial charge in [-0.25, -0.2) is 4.68 Å². The van der Waals surface area contributed by atoms with Gasteiger partial charge in [-0.15, -0.1) is 0 Å². The lowest BCUT2D eigenvalue weighted by Gasteiger charge is -2.04. The van der Waals surface area contributed by atoms with E-state index in [-0.39, 0.29) is 5.91 Å². The average Bonchev–Trinajstić information content (AvgIpc) is 3.18. The number of hydrogen-bond donors (Lipinski definition) is 1. The van der Waals surface area contributed by atoms with E-state index in [1.54, 1.807) is 4.68 Å². The highest BCUT2D eigenvalue weighted by Crippen LogP contribution is 2.24. The van der Waals surface area contributed by atoms with E-state index >= 15 is 0 Å². The number of aromatic nitrogens is 2. The smallest absolute Gasteiger partial charge is 0.256 e. The fourth-order valence-electron chi connectivity index (χ4n) is 2.16. The summed E-state index contributed by atoms with van der Waals surface area (Å²) in [5.41, 5.74) is 2.27. The molecular formula is C15H16ClN3O. The minimum atomic E-state index is -0.116. The van der Waals surface area contributed by atoms with Crippen molar-refractivity contribution in [2.24, 2.45) is 0 Å². The van der Waals surface area contributed by atoms with Crippen LogP contribution in [0.3, 0.4) is 0 Å². The van der Waals surface area contributed by atoms with Gasteiger partial charge in [0.25, 0.3) is 5.91 Å². The summed E-state index contributed by atoms with van der Waals surface area (Å²) >= 11 is 6.32. The van der Waals surface area contributed by atoms with Crippen LogP contribution in [0.1, 0.15) is 34.5 Å². The van der Waals surface area contributed by atoms with Crippen molar-refractivity contribution in [1.82, 2.24) is 15.1 Å². The fraction of sp³-hybridized carbons (Fsp3) is 0.333. The first kappa shape index (κ1) is 13.2. The number of benzene rings is 1. The molecule has 1 aromatic heterocycles. The van der Waals surface area contributed by atoms with Gasteiger partial charge in [-0.05, 0) is 25.3 Å². The zero-order valence-corrected chi connectivity index (χ0v) is 12.0. The summed E-state index contributed by atoms with van der Waals surface area (Å²) in [7, 11) is 0. The van der Waals surface area contributed by atoms with E-state index in [0.717, 1.165) is 18.4 Å². The Labute approximate surface area is 122 Å². The Hall–Kier alpha value is -1.81. The van der Waals surface area contributed by atoms with Crippen molar-refractivity contribution >= 4 is 17.5 Å². The fourth-order valence-corrected chi connectivity index (χ4v) is 2.48. The standard InChI is InChI=1S/C15H16ClN3O/c1-10-13(15(20)17-12-7-8-12)14(16)19(18-10)9-11-5-3-2-4-6-11/h2-6,12H,7-9H2,1H3,(H,17,20). The predicted octanol–water partition coefficient (Wildman–Crippen LogP) is 2.79. The summed E-state index contributed by atoms with van der Waals surface area (Å²) in [5.74, 6) is -0.116. The van der Waals surface area contributed by atoms with Gasteiger partial charge in [0.15, 0.2) is 0 Å². The average molecular weight is 290 g/mol. The van der Waals surface area contributed by atoms with E-state index in [2.05, 4.69) is 10.4 Å². The number of carbonyl (C=O) groups is 1. The highest BCUT2D eigenvalue weighted by molar-refractivity contribution is 6.33. The lowest BCUT2D eigenvalue weighted by molar-refractivity contribution is 0.0950. The van der Waals surface area contributed by atoms with E-state index < -0.39 is 0 Å². The van der Waals surface area contributed by atoms with Crippen LogP contribution >= 0.6 is 11.6 Å². The second-order valence-corrected chi connectivity index (χ2v) is 5.50. The molecule has 0 saturated heterocycles. The molecule has 1 aliphatic carbocycles. The summed E-state index contributed by atoms with van der Waals surface area (Å²) in [4.78, 5) is 12.2. The molecule has 1 amide bonds. The lowest BCUT2D eigenvalue weighted by Crippen LogP contribution is -2.26. The van der Waals surface area contributed by atoms with Crippen LogP contribution in [0.25, 0.3) is 0 Å². The molecular weight excluding hydrogens is 274 g/mol.